The van der Waals surface area contributed by atoms with Gasteiger partial charge in [0.25, 0.3) is 0 Å². The molecule has 0 aliphatic carbocycles. The topological polar surface area (TPSA) is 44.8 Å². The van der Waals surface area contributed by atoms with E-state index in [2.05, 4.69) is 36.0 Å². The van der Waals surface area contributed by atoms with Crippen molar-refractivity contribution in [1.82, 2.24) is 15.1 Å². The summed E-state index contributed by atoms with van der Waals surface area (Å²) in [6, 6.07) is 0.907. The van der Waals surface area contributed by atoms with E-state index in [-0.39, 0.29) is 5.97 Å². The standard InChI is InChI=1S/C16H33N3O2/c1-7-14-12-18(5)9-8-10-19(14)13(2)11-16(3,17-4)15(20)21-6/h13-14,17H,7-12H2,1-6H3. The summed E-state index contributed by atoms with van der Waals surface area (Å²) < 4.78 is 4.96. The summed E-state index contributed by atoms with van der Waals surface area (Å²) in [6.07, 6.45) is 3.09. The first-order chi connectivity index (χ1) is 9.87. The monoisotopic (exact) mass is 299 g/mol. The SMILES string of the molecule is CCC1CN(C)CCCN1C(C)CC(C)(NC)C(=O)OC. The molecule has 0 spiro atoms. The van der Waals surface area contributed by atoms with E-state index < -0.39 is 5.54 Å². The summed E-state index contributed by atoms with van der Waals surface area (Å²) in [4.78, 5) is 17.0. The van der Waals surface area contributed by atoms with Gasteiger partial charge in [0.15, 0.2) is 0 Å². The van der Waals surface area contributed by atoms with Crippen LogP contribution in [-0.4, -0.2) is 74.2 Å². The average molecular weight is 299 g/mol. The van der Waals surface area contributed by atoms with Crippen LogP contribution in [0.15, 0.2) is 0 Å². The fourth-order valence-corrected chi connectivity index (χ4v) is 3.43. The summed E-state index contributed by atoms with van der Waals surface area (Å²) >= 11 is 0. The number of esters is 1. The summed E-state index contributed by atoms with van der Waals surface area (Å²) in [6.45, 7) is 9.77. The zero-order valence-electron chi connectivity index (χ0n) is 14.6. The predicted octanol–water partition coefficient (Wildman–Crippen LogP) is 1.33. The van der Waals surface area contributed by atoms with Crippen LogP contribution in [0.4, 0.5) is 0 Å². The van der Waals surface area contributed by atoms with E-state index in [9.17, 15) is 4.79 Å². The van der Waals surface area contributed by atoms with Crippen LogP contribution in [0.2, 0.25) is 0 Å². The van der Waals surface area contributed by atoms with E-state index in [1.807, 2.05) is 14.0 Å². The molecule has 1 saturated heterocycles. The third kappa shape index (κ3) is 4.66. The quantitative estimate of drug-likeness (QED) is 0.750. The van der Waals surface area contributed by atoms with Crippen LogP contribution in [0.1, 0.15) is 40.0 Å². The number of hydrogen-bond donors (Lipinski definition) is 1. The van der Waals surface area contributed by atoms with Crippen LogP contribution < -0.4 is 5.32 Å². The molecule has 0 bridgehead atoms. The lowest BCUT2D eigenvalue weighted by Crippen LogP contribution is -2.54. The van der Waals surface area contributed by atoms with Gasteiger partial charge in [-0.25, -0.2) is 0 Å². The molecule has 1 rings (SSSR count). The molecule has 0 aromatic rings. The fraction of sp³-hybridized carbons (Fsp3) is 0.938. The van der Waals surface area contributed by atoms with E-state index in [4.69, 9.17) is 4.74 Å². The van der Waals surface area contributed by atoms with Crippen molar-refractivity contribution in [3.63, 3.8) is 0 Å². The molecular formula is C16H33N3O2. The normalized spacial score (nSPS) is 25.9. The molecule has 0 aromatic heterocycles. The van der Waals surface area contributed by atoms with Gasteiger partial charge >= 0.3 is 5.97 Å². The van der Waals surface area contributed by atoms with Crippen molar-refractivity contribution < 1.29 is 9.53 Å². The Morgan fingerprint density at radius 1 is 1.48 bits per heavy atom. The molecule has 124 valence electrons. The maximum absolute atomic E-state index is 12.0. The summed E-state index contributed by atoms with van der Waals surface area (Å²) in [5.74, 6) is -0.183. The Balaban J connectivity index is 2.79. The average Bonchev–Trinajstić information content (AvgIpc) is 2.67. The van der Waals surface area contributed by atoms with Crippen LogP contribution in [0.5, 0.6) is 0 Å². The van der Waals surface area contributed by atoms with Crippen molar-refractivity contribution in [2.24, 2.45) is 0 Å². The molecule has 5 heteroatoms. The van der Waals surface area contributed by atoms with Crippen LogP contribution in [0.25, 0.3) is 0 Å². The van der Waals surface area contributed by atoms with Crippen molar-refractivity contribution in [3.8, 4) is 0 Å². The zero-order chi connectivity index (χ0) is 16.0. The Labute approximate surface area is 130 Å². The van der Waals surface area contributed by atoms with Crippen LogP contribution >= 0.6 is 0 Å². The van der Waals surface area contributed by atoms with Crippen molar-refractivity contribution in [2.45, 2.75) is 57.7 Å². The second kappa shape index (κ2) is 8.11. The van der Waals surface area contributed by atoms with Crippen LogP contribution in [0, 0.1) is 0 Å². The molecular weight excluding hydrogens is 266 g/mol. The molecule has 1 fully saturated rings. The number of carbonyl (C=O) groups excluding carboxylic acids is 1. The highest BCUT2D eigenvalue weighted by atomic mass is 16.5. The largest absolute Gasteiger partial charge is 0.468 e. The highest BCUT2D eigenvalue weighted by Gasteiger charge is 2.37. The third-order valence-electron chi connectivity index (χ3n) is 4.88. The highest BCUT2D eigenvalue weighted by Crippen LogP contribution is 2.22. The van der Waals surface area contributed by atoms with Crippen molar-refractivity contribution in [1.29, 1.82) is 0 Å². The minimum atomic E-state index is -0.620. The second-order valence-corrected chi connectivity index (χ2v) is 6.54. The van der Waals surface area contributed by atoms with Crippen molar-refractivity contribution in [3.05, 3.63) is 0 Å². The number of nitrogens with one attached hydrogen (secondary N) is 1. The maximum atomic E-state index is 12.0. The lowest BCUT2D eigenvalue weighted by molar-refractivity contribution is -0.148. The highest BCUT2D eigenvalue weighted by molar-refractivity contribution is 5.80. The summed E-state index contributed by atoms with van der Waals surface area (Å²) in [5, 5.41) is 3.14. The smallest absolute Gasteiger partial charge is 0.325 e. The summed E-state index contributed by atoms with van der Waals surface area (Å²) in [5.41, 5.74) is -0.620. The number of hydrogen-bond acceptors (Lipinski definition) is 5. The Morgan fingerprint density at radius 3 is 2.67 bits per heavy atom. The zero-order valence-corrected chi connectivity index (χ0v) is 14.6. The lowest BCUT2D eigenvalue weighted by Gasteiger charge is -2.39. The molecule has 0 aromatic carbocycles. The van der Waals surface area contributed by atoms with E-state index in [0.717, 1.165) is 32.5 Å². The molecule has 0 amide bonds. The first-order valence-electron chi connectivity index (χ1n) is 8.09. The molecule has 1 aliphatic rings. The van der Waals surface area contributed by atoms with E-state index in [1.165, 1.54) is 13.5 Å². The Morgan fingerprint density at radius 2 is 2.14 bits per heavy atom. The third-order valence-corrected chi connectivity index (χ3v) is 4.88. The van der Waals surface area contributed by atoms with Gasteiger partial charge in [-0.3, -0.25) is 9.69 Å². The predicted molar refractivity (Wildman–Crippen MR) is 86.5 cm³/mol. The number of methoxy groups -OCH3 is 1. The first-order valence-corrected chi connectivity index (χ1v) is 8.09. The number of nitrogens with zero attached hydrogens (tertiary/aromatic N) is 2. The number of likely N-dealkylation sites (N-methyl/N-ethyl adjacent to an activating group) is 2. The molecule has 21 heavy (non-hydrogen) atoms. The molecule has 1 heterocycles. The van der Waals surface area contributed by atoms with Gasteiger partial charge in [-0.15, -0.1) is 0 Å². The maximum Gasteiger partial charge on any atom is 0.325 e. The minimum Gasteiger partial charge on any atom is -0.468 e. The van der Waals surface area contributed by atoms with Crippen molar-refractivity contribution >= 4 is 5.97 Å². The van der Waals surface area contributed by atoms with Crippen LogP contribution in [-0.2, 0) is 9.53 Å². The first kappa shape index (κ1) is 18.4. The van der Waals surface area contributed by atoms with Gasteiger partial charge in [0.2, 0.25) is 0 Å². The lowest BCUT2D eigenvalue weighted by atomic mass is 9.92. The summed E-state index contributed by atoms with van der Waals surface area (Å²) in [7, 11) is 5.48. The Kier molecular flexibility index (Phi) is 7.10. The van der Waals surface area contributed by atoms with Gasteiger partial charge in [-0.05, 0) is 60.3 Å². The van der Waals surface area contributed by atoms with Gasteiger partial charge in [0, 0.05) is 18.6 Å². The second-order valence-electron chi connectivity index (χ2n) is 6.54. The molecule has 3 unspecified atom stereocenters. The van der Waals surface area contributed by atoms with Gasteiger partial charge in [0.05, 0.1) is 7.11 Å². The van der Waals surface area contributed by atoms with Crippen LogP contribution in [0.3, 0.4) is 0 Å². The van der Waals surface area contributed by atoms with Gasteiger partial charge in [-0.1, -0.05) is 6.92 Å². The van der Waals surface area contributed by atoms with Gasteiger partial charge < -0.3 is 15.0 Å². The molecule has 5 nitrogen and oxygen atoms in total. The van der Waals surface area contributed by atoms with Crippen molar-refractivity contribution in [2.75, 3.05) is 40.8 Å². The molecule has 0 saturated carbocycles. The van der Waals surface area contributed by atoms with E-state index in [0.29, 0.717) is 12.1 Å². The van der Waals surface area contributed by atoms with E-state index >= 15 is 0 Å². The molecule has 1 aliphatic heterocycles. The Bertz CT molecular complexity index is 337. The van der Waals surface area contributed by atoms with Gasteiger partial charge in [0.1, 0.15) is 5.54 Å². The number of carbonyl (C=O) groups is 1. The van der Waals surface area contributed by atoms with E-state index in [1.54, 1.807) is 0 Å². The minimum absolute atomic E-state index is 0.183. The number of rotatable bonds is 6. The fourth-order valence-electron chi connectivity index (χ4n) is 3.43. The van der Waals surface area contributed by atoms with Gasteiger partial charge in [-0.2, -0.15) is 0 Å². The molecule has 1 N–H and O–H groups in total. The number of ether oxygens (including phenoxy) is 1. The Hall–Kier alpha value is -0.650. The molecule has 0 radical (unpaired) electrons. The molecule has 3 atom stereocenters.